The largest absolute Gasteiger partial charge is 0.458 e. The van der Waals surface area contributed by atoms with Crippen molar-refractivity contribution in [2.45, 2.75) is 26.2 Å². The smallest absolute Gasteiger partial charge is 0.416 e. The molecule has 54 heavy (non-hydrogen) atoms. The molecule has 0 aromatic heterocycles. The fourth-order valence-electron chi connectivity index (χ4n) is 9.96. The van der Waals surface area contributed by atoms with Crippen LogP contribution in [0.5, 0.6) is 23.0 Å². The summed E-state index contributed by atoms with van der Waals surface area (Å²) in [6.07, 6.45) is -9.38. The first-order valence-corrected chi connectivity index (χ1v) is 17.7. The summed E-state index contributed by atoms with van der Waals surface area (Å²) in [5.74, 6) is 1.46. The Balaban J connectivity index is 1.23. The van der Waals surface area contributed by atoms with E-state index in [0.717, 1.165) is 106 Å². The SMILES string of the molecule is Cc1ccc2c(c1)Oc1cc(C)cc3c1B2c1cc2ccc4c5c(cc6ccc-3c1c6c25)B1c2ccc(C(F)(F)F)cc2Oc2cc(C(F)(F)F)cc-4c21. The lowest BCUT2D eigenvalue weighted by atomic mass is 9.32. The highest BCUT2D eigenvalue weighted by Crippen LogP contribution is 2.48. The molecular weight excluding hydrogens is 696 g/mol. The molecule has 8 aromatic carbocycles. The van der Waals surface area contributed by atoms with E-state index in [-0.39, 0.29) is 18.2 Å². The van der Waals surface area contributed by atoms with Crippen LogP contribution in [-0.2, 0) is 12.4 Å². The number of ether oxygens (including phenoxy) is 2. The second-order valence-electron chi connectivity index (χ2n) is 15.1. The molecule has 0 atom stereocenters. The summed E-state index contributed by atoms with van der Waals surface area (Å²) in [5.41, 5.74) is 8.59. The first-order chi connectivity index (χ1) is 25.8. The lowest BCUT2D eigenvalue weighted by Crippen LogP contribution is -2.58. The van der Waals surface area contributed by atoms with E-state index in [2.05, 4.69) is 61.5 Å². The fraction of sp³-hybridized carbons (Fsp3) is 0.0909. The molecule has 0 unspecified atom stereocenters. The van der Waals surface area contributed by atoms with Crippen LogP contribution in [0.2, 0.25) is 0 Å². The van der Waals surface area contributed by atoms with Crippen LogP contribution in [0.4, 0.5) is 26.3 Å². The third-order valence-corrected chi connectivity index (χ3v) is 12.0. The molecule has 0 fully saturated rings. The molecule has 4 aliphatic heterocycles. The van der Waals surface area contributed by atoms with Crippen LogP contribution in [-0.4, -0.2) is 13.4 Å². The molecule has 0 saturated carbocycles. The van der Waals surface area contributed by atoms with Gasteiger partial charge >= 0.3 is 12.4 Å². The van der Waals surface area contributed by atoms with Crippen LogP contribution in [0.3, 0.4) is 0 Å². The quantitative estimate of drug-likeness (QED) is 0.0891. The molecule has 0 aliphatic carbocycles. The number of hydrogen-bond donors (Lipinski definition) is 0. The maximum atomic E-state index is 14.5. The van der Waals surface area contributed by atoms with Crippen LogP contribution in [0, 0.1) is 13.8 Å². The average Bonchev–Trinajstić information content (AvgIpc) is 3.12. The Morgan fingerprint density at radius 1 is 0.407 bits per heavy atom. The van der Waals surface area contributed by atoms with Crippen molar-refractivity contribution in [3.8, 4) is 45.3 Å². The van der Waals surface area contributed by atoms with E-state index in [9.17, 15) is 26.3 Å². The van der Waals surface area contributed by atoms with E-state index in [0.29, 0.717) is 22.1 Å². The van der Waals surface area contributed by atoms with Crippen LogP contribution in [0.1, 0.15) is 22.3 Å². The Morgan fingerprint density at radius 2 is 0.907 bits per heavy atom. The molecule has 10 heteroatoms. The second-order valence-corrected chi connectivity index (χ2v) is 15.1. The minimum absolute atomic E-state index is 0.0875. The van der Waals surface area contributed by atoms with Gasteiger partial charge < -0.3 is 9.47 Å². The monoisotopic (exact) mass is 718 g/mol. The van der Waals surface area contributed by atoms with Gasteiger partial charge in [0, 0.05) is 0 Å². The zero-order valence-corrected chi connectivity index (χ0v) is 28.5. The molecule has 0 saturated heterocycles. The standard InChI is InChI=1S/C44H22B2F6O2/c1-19-3-9-29-33(12-19)53-35-13-20(2)11-27-25-7-4-21-15-32-40-26(8-5-22-14-31(45(29)41(27)35)39(25)37(21)38(22)40)28-16-24(44(50,51)52)18-36-42(28)46(32)30-10-6-23(43(47,48)49)17-34(30)54-36/h3-18H,1-2H3. The van der Waals surface area contributed by atoms with Crippen molar-refractivity contribution >= 4 is 78.5 Å². The zero-order valence-electron chi connectivity index (χ0n) is 28.5. The van der Waals surface area contributed by atoms with Crippen molar-refractivity contribution in [3.63, 3.8) is 0 Å². The van der Waals surface area contributed by atoms with Gasteiger partial charge in [0.2, 0.25) is 0 Å². The maximum Gasteiger partial charge on any atom is 0.416 e. The lowest BCUT2D eigenvalue weighted by Gasteiger charge is -2.37. The van der Waals surface area contributed by atoms with Gasteiger partial charge in [-0.25, -0.2) is 0 Å². The van der Waals surface area contributed by atoms with Gasteiger partial charge in [-0.05, 0) is 132 Å². The van der Waals surface area contributed by atoms with Crippen molar-refractivity contribution < 1.29 is 35.8 Å². The molecule has 0 N–H and O–H groups in total. The summed E-state index contributed by atoms with van der Waals surface area (Å²) in [7, 11) is 0. The summed E-state index contributed by atoms with van der Waals surface area (Å²) in [6.45, 7) is 3.33. The van der Waals surface area contributed by atoms with Gasteiger partial charge in [0.25, 0.3) is 13.4 Å². The second kappa shape index (κ2) is 9.61. The number of aryl methyl sites for hydroxylation is 2. The Bertz CT molecular complexity index is 3070. The number of benzene rings is 8. The third kappa shape index (κ3) is 3.75. The van der Waals surface area contributed by atoms with Gasteiger partial charge in [0.15, 0.2) is 0 Å². The number of alkyl halides is 6. The molecular formula is C44H22B2F6O2. The minimum atomic E-state index is -4.72. The van der Waals surface area contributed by atoms with E-state index in [4.69, 9.17) is 9.47 Å². The average molecular weight is 718 g/mol. The predicted molar refractivity (Wildman–Crippen MR) is 203 cm³/mol. The molecule has 0 radical (unpaired) electrons. The normalized spacial score (nSPS) is 14.5. The predicted octanol–water partition coefficient (Wildman–Crippen LogP) is 8.44. The number of rotatable bonds is 0. The molecule has 258 valence electrons. The van der Waals surface area contributed by atoms with Crippen molar-refractivity contribution in [2.24, 2.45) is 0 Å². The topological polar surface area (TPSA) is 18.5 Å². The fourth-order valence-corrected chi connectivity index (χ4v) is 9.96. The molecule has 4 aliphatic rings. The highest BCUT2D eigenvalue weighted by Gasteiger charge is 2.45. The summed E-state index contributed by atoms with van der Waals surface area (Å²) >= 11 is 0. The molecule has 4 heterocycles. The number of fused-ring (bicyclic) bond motifs is 8. The van der Waals surface area contributed by atoms with Gasteiger partial charge in [0.05, 0.1) is 11.1 Å². The van der Waals surface area contributed by atoms with Gasteiger partial charge in [-0.15, -0.1) is 0 Å². The molecule has 0 spiro atoms. The first kappa shape index (κ1) is 30.6. The van der Waals surface area contributed by atoms with E-state index >= 15 is 0 Å². The zero-order chi connectivity index (χ0) is 36.7. The molecule has 2 nitrogen and oxygen atoms in total. The number of hydrogen-bond acceptors (Lipinski definition) is 2. The lowest BCUT2D eigenvalue weighted by molar-refractivity contribution is -0.138. The highest BCUT2D eigenvalue weighted by atomic mass is 19.4. The molecule has 12 rings (SSSR count). The third-order valence-electron chi connectivity index (χ3n) is 12.0. The van der Waals surface area contributed by atoms with Gasteiger partial charge in [-0.3, -0.25) is 0 Å². The number of halogens is 6. The Hall–Kier alpha value is -5.89. The molecule has 0 amide bonds. The van der Waals surface area contributed by atoms with Crippen LogP contribution < -0.4 is 42.3 Å². The van der Waals surface area contributed by atoms with E-state index in [1.807, 2.05) is 19.1 Å². The van der Waals surface area contributed by atoms with Crippen molar-refractivity contribution in [3.05, 3.63) is 119 Å². The van der Waals surface area contributed by atoms with Crippen LogP contribution >= 0.6 is 0 Å². The van der Waals surface area contributed by atoms with Crippen molar-refractivity contribution in [2.75, 3.05) is 0 Å². The van der Waals surface area contributed by atoms with Crippen LogP contribution in [0.25, 0.3) is 54.6 Å². The summed E-state index contributed by atoms with van der Waals surface area (Å²) in [4.78, 5) is 0. The Labute approximate surface area is 304 Å². The summed E-state index contributed by atoms with van der Waals surface area (Å²) in [6, 6.07) is 28.5. The highest BCUT2D eigenvalue weighted by molar-refractivity contribution is 7.01. The Morgan fingerprint density at radius 3 is 1.50 bits per heavy atom. The first-order valence-electron chi connectivity index (χ1n) is 17.7. The van der Waals surface area contributed by atoms with E-state index in [1.54, 1.807) is 0 Å². The van der Waals surface area contributed by atoms with Gasteiger partial charge in [0.1, 0.15) is 23.0 Å². The van der Waals surface area contributed by atoms with E-state index in [1.165, 1.54) is 12.1 Å². The Kier molecular flexibility index (Phi) is 5.44. The summed E-state index contributed by atoms with van der Waals surface area (Å²) < 4.78 is 98.0. The molecule has 0 bridgehead atoms. The minimum Gasteiger partial charge on any atom is -0.458 e. The summed E-state index contributed by atoms with van der Waals surface area (Å²) in [5, 5.41) is 5.72. The van der Waals surface area contributed by atoms with E-state index < -0.39 is 30.2 Å². The van der Waals surface area contributed by atoms with Gasteiger partial charge in [-0.2, -0.15) is 26.3 Å². The van der Waals surface area contributed by atoms with Gasteiger partial charge in [-0.1, -0.05) is 77.7 Å². The van der Waals surface area contributed by atoms with Crippen LogP contribution in [0.15, 0.2) is 97.1 Å². The molecule has 8 aromatic rings. The van der Waals surface area contributed by atoms with Crippen molar-refractivity contribution in [1.82, 2.24) is 0 Å². The van der Waals surface area contributed by atoms with Crippen molar-refractivity contribution in [1.29, 1.82) is 0 Å². The maximum absolute atomic E-state index is 14.5.